The van der Waals surface area contributed by atoms with Crippen molar-refractivity contribution >= 4 is 5.84 Å². The van der Waals surface area contributed by atoms with E-state index in [2.05, 4.69) is 10.5 Å². The molecule has 1 saturated carbocycles. The molecule has 0 amide bonds. The van der Waals surface area contributed by atoms with Crippen LogP contribution in [-0.4, -0.2) is 17.6 Å². The molecule has 0 saturated heterocycles. The smallest absolute Gasteiger partial charge is 0.170 e. The third-order valence-corrected chi connectivity index (χ3v) is 3.49. The summed E-state index contributed by atoms with van der Waals surface area (Å²) in [6.45, 7) is 4.02. The highest BCUT2D eigenvalue weighted by Crippen LogP contribution is 2.31. The normalized spacial score (nSPS) is 15.9. The molecule has 0 heterocycles. The van der Waals surface area contributed by atoms with Crippen LogP contribution in [-0.2, 0) is 6.54 Å². The predicted molar refractivity (Wildman–Crippen MR) is 72.7 cm³/mol. The van der Waals surface area contributed by atoms with Gasteiger partial charge in [0.05, 0.1) is 0 Å². The first kappa shape index (κ1) is 12.9. The average molecular weight is 247 g/mol. The zero-order chi connectivity index (χ0) is 13.0. The Morgan fingerprint density at radius 2 is 2.28 bits per heavy atom. The molecule has 1 aliphatic rings. The van der Waals surface area contributed by atoms with Crippen LogP contribution in [0.25, 0.3) is 0 Å². The number of rotatable bonds is 6. The molecule has 1 aliphatic carbocycles. The molecule has 0 spiro atoms. The van der Waals surface area contributed by atoms with Gasteiger partial charge in [-0.15, -0.1) is 0 Å². The van der Waals surface area contributed by atoms with Gasteiger partial charge < -0.3 is 16.3 Å². The molecule has 98 valence electrons. The second-order valence-corrected chi connectivity index (χ2v) is 5.04. The van der Waals surface area contributed by atoms with Crippen LogP contribution < -0.4 is 11.1 Å². The standard InChI is InChI=1S/C14H21N3O/c1-10-8-12(14(15)17-18)4-5-13(10)9-16-7-6-11-2-3-11/h4-5,8,11,16,18H,2-3,6-7,9H2,1H3,(H2,15,17). The summed E-state index contributed by atoms with van der Waals surface area (Å²) in [4.78, 5) is 0. The first-order chi connectivity index (χ1) is 8.70. The van der Waals surface area contributed by atoms with Crippen molar-refractivity contribution in [1.82, 2.24) is 5.32 Å². The van der Waals surface area contributed by atoms with E-state index in [1.807, 2.05) is 25.1 Å². The van der Waals surface area contributed by atoms with Crippen LogP contribution in [0.1, 0.15) is 36.0 Å². The van der Waals surface area contributed by atoms with Crippen LogP contribution in [0.4, 0.5) is 0 Å². The Morgan fingerprint density at radius 3 is 2.89 bits per heavy atom. The SMILES string of the molecule is Cc1cc(/C(N)=N/O)ccc1CNCCC1CC1. The van der Waals surface area contributed by atoms with Crippen LogP contribution in [0.2, 0.25) is 0 Å². The van der Waals surface area contributed by atoms with Gasteiger partial charge in [-0.25, -0.2) is 0 Å². The van der Waals surface area contributed by atoms with E-state index in [9.17, 15) is 0 Å². The van der Waals surface area contributed by atoms with E-state index < -0.39 is 0 Å². The lowest BCUT2D eigenvalue weighted by Gasteiger charge is -2.09. The topological polar surface area (TPSA) is 70.6 Å². The summed E-state index contributed by atoms with van der Waals surface area (Å²) in [5.41, 5.74) is 8.75. The summed E-state index contributed by atoms with van der Waals surface area (Å²) in [5, 5.41) is 15.1. The third kappa shape index (κ3) is 3.47. The first-order valence-corrected chi connectivity index (χ1v) is 6.49. The van der Waals surface area contributed by atoms with E-state index in [0.29, 0.717) is 0 Å². The zero-order valence-corrected chi connectivity index (χ0v) is 10.8. The summed E-state index contributed by atoms with van der Waals surface area (Å²) in [6.07, 6.45) is 4.12. The second kappa shape index (κ2) is 5.87. The van der Waals surface area contributed by atoms with Crippen molar-refractivity contribution in [3.05, 3.63) is 34.9 Å². The molecule has 4 nitrogen and oxygen atoms in total. The van der Waals surface area contributed by atoms with E-state index in [-0.39, 0.29) is 5.84 Å². The second-order valence-electron chi connectivity index (χ2n) is 5.04. The van der Waals surface area contributed by atoms with Crippen LogP contribution in [0.15, 0.2) is 23.4 Å². The van der Waals surface area contributed by atoms with Gasteiger partial charge in [0.1, 0.15) is 0 Å². The molecule has 1 aromatic carbocycles. The molecule has 0 unspecified atom stereocenters. The average Bonchev–Trinajstić information content (AvgIpc) is 3.19. The van der Waals surface area contributed by atoms with E-state index in [0.717, 1.165) is 30.1 Å². The number of oxime groups is 1. The van der Waals surface area contributed by atoms with Gasteiger partial charge in [-0.05, 0) is 43.0 Å². The van der Waals surface area contributed by atoms with Crippen LogP contribution >= 0.6 is 0 Å². The Labute approximate surface area is 108 Å². The number of nitrogens with zero attached hydrogens (tertiary/aromatic N) is 1. The van der Waals surface area contributed by atoms with Crippen molar-refractivity contribution in [2.45, 2.75) is 32.7 Å². The van der Waals surface area contributed by atoms with Crippen LogP contribution in [0.5, 0.6) is 0 Å². The summed E-state index contributed by atoms with van der Waals surface area (Å²) < 4.78 is 0. The predicted octanol–water partition coefficient (Wildman–Crippen LogP) is 1.98. The molecule has 1 fully saturated rings. The number of nitrogens with one attached hydrogen (secondary N) is 1. The van der Waals surface area contributed by atoms with Crippen molar-refractivity contribution in [2.24, 2.45) is 16.8 Å². The maximum absolute atomic E-state index is 8.63. The van der Waals surface area contributed by atoms with Gasteiger partial charge in [-0.3, -0.25) is 0 Å². The highest BCUT2D eigenvalue weighted by atomic mass is 16.4. The highest BCUT2D eigenvalue weighted by molar-refractivity contribution is 5.97. The molecule has 0 atom stereocenters. The van der Waals surface area contributed by atoms with Crippen LogP contribution in [0.3, 0.4) is 0 Å². The summed E-state index contributed by atoms with van der Waals surface area (Å²) in [7, 11) is 0. The van der Waals surface area contributed by atoms with Gasteiger partial charge >= 0.3 is 0 Å². The molecular weight excluding hydrogens is 226 g/mol. The number of aryl methyl sites for hydroxylation is 1. The Bertz CT molecular complexity index is 439. The molecule has 4 N–H and O–H groups in total. The van der Waals surface area contributed by atoms with Crippen molar-refractivity contribution in [2.75, 3.05) is 6.54 Å². The number of benzene rings is 1. The molecule has 2 rings (SSSR count). The molecule has 18 heavy (non-hydrogen) atoms. The van der Waals surface area contributed by atoms with Crippen molar-refractivity contribution in [1.29, 1.82) is 0 Å². The number of amidine groups is 1. The van der Waals surface area contributed by atoms with Gasteiger partial charge in [-0.1, -0.05) is 30.1 Å². The Kier molecular flexibility index (Phi) is 4.20. The van der Waals surface area contributed by atoms with Gasteiger partial charge in [0, 0.05) is 12.1 Å². The maximum Gasteiger partial charge on any atom is 0.170 e. The fourth-order valence-corrected chi connectivity index (χ4v) is 2.05. The quantitative estimate of drug-likeness (QED) is 0.237. The third-order valence-electron chi connectivity index (χ3n) is 3.49. The summed E-state index contributed by atoms with van der Waals surface area (Å²) in [6, 6.07) is 5.87. The van der Waals surface area contributed by atoms with Crippen molar-refractivity contribution < 1.29 is 5.21 Å². The molecule has 0 bridgehead atoms. The number of hydrogen-bond donors (Lipinski definition) is 3. The minimum Gasteiger partial charge on any atom is -0.409 e. The van der Waals surface area contributed by atoms with Crippen molar-refractivity contribution in [3.8, 4) is 0 Å². The fraction of sp³-hybridized carbons (Fsp3) is 0.500. The van der Waals surface area contributed by atoms with E-state index in [1.165, 1.54) is 24.8 Å². The van der Waals surface area contributed by atoms with E-state index in [1.54, 1.807) is 0 Å². The van der Waals surface area contributed by atoms with Gasteiger partial charge in [0.2, 0.25) is 0 Å². The maximum atomic E-state index is 8.63. The minimum atomic E-state index is 0.159. The minimum absolute atomic E-state index is 0.159. The molecule has 0 radical (unpaired) electrons. The Hall–Kier alpha value is -1.55. The van der Waals surface area contributed by atoms with E-state index >= 15 is 0 Å². The Morgan fingerprint density at radius 1 is 1.50 bits per heavy atom. The lowest BCUT2D eigenvalue weighted by molar-refractivity contribution is 0.318. The number of hydrogen-bond acceptors (Lipinski definition) is 3. The molecule has 0 aromatic heterocycles. The summed E-state index contributed by atoms with van der Waals surface area (Å²) in [5.74, 6) is 1.13. The zero-order valence-electron chi connectivity index (χ0n) is 10.8. The van der Waals surface area contributed by atoms with Crippen LogP contribution in [0, 0.1) is 12.8 Å². The molecular formula is C14H21N3O. The largest absolute Gasteiger partial charge is 0.409 e. The van der Waals surface area contributed by atoms with Gasteiger partial charge in [0.15, 0.2) is 5.84 Å². The number of nitrogens with two attached hydrogens (primary N) is 1. The molecule has 4 heteroatoms. The Balaban J connectivity index is 1.87. The molecule has 0 aliphatic heterocycles. The van der Waals surface area contributed by atoms with Gasteiger partial charge in [-0.2, -0.15) is 0 Å². The monoisotopic (exact) mass is 247 g/mol. The lowest BCUT2D eigenvalue weighted by atomic mass is 10.0. The van der Waals surface area contributed by atoms with E-state index in [4.69, 9.17) is 10.9 Å². The van der Waals surface area contributed by atoms with Crippen molar-refractivity contribution in [3.63, 3.8) is 0 Å². The molecule has 1 aromatic rings. The fourth-order valence-electron chi connectivity index (χ4n) is 2.05. The lowest BCUT2D eigenvalue weighted by Crippen LogP contribution is -2.17. The highest BCUT2D eigenvalue weighted by Gasteiger charge is 2.19. The summed E-state index contributed by atoms with van der Waals surface area (Å²) >= 11 is 0. The van der Waals surface area contributed by atoms with Gasteiger partial charge in [0.25, 0.3) is 0 Å². The first-order valence-electron chi connectivity index (χ1n) is 6.49.